The molecule has 1 fully saturated rings. The lowest BCUT2D eigenvalue weighted by molar-refractivity contribution is 0.00578. The first-order valence-corrected chi connectivity index (χ1v) is 11.0. The maximum absolute atomic E-state index is 6.43. The summed E-state index contributed by atoms with van der Waals surface area (Å²) in [4.78, 5) is 0. The highest BCUT2D eigenvalue weighted by atomic mass is 16.7. The summed E-state index contributed by atoms with van der Waals surface area (Å²) in [6.45, 7) is 8.19. The molecule has 0 aromatic heterocycles. The van der Waals surface area contributed by atoms with Crippen LogP contribution in [-0.4, -0.2) is 32.4 Å². The van der Waals surface area contributed by atoms with Crippen molar-refractivity contribution < 1.29 is 14.0 Å². The second-order valence-corrected chi connectivity index (χ2v) is 9.41. The van der Waals surface area contributed by atoms with Gasteiger partial charge in [-0.25, -0.2) is 0 Å². The third-order valence-electron chi connectivity index (χ3n) is 6.80. The molecule has 7 heteroatoms. The molecule has 2 aliphatic rings. The van der Waals surface area contributed by atoms with Crippen LogP contribution in [0.5, 0.6) is 5.75 Å². The second-order valence-electron chi connectivity index (χ2n) is 9.41. The van der Waals surface area contributed by atoms with Crippen molar-refractivity contribution in [3.63, 3.8) is 0 Å². The highest BCUT2D eigenvalue weighted by Crippen LogP contribution is 2.41. The molecular weight excluding hydrogens is 398 g/mol. The van der Waals surface area contributed by atoms with Gasteiger partial charge in [0, 0.05) is 16.8 Å². The zero-order valence-corrected chi connectivity index (χ0v) is 19.2. The molecule has 2 aliphatic heterocycles. The van der Waals surface area contributed by atoms with E-state index >= 15 is 0 Å². The first-order valence-electron chi connectivity index (χ1n) is 11.0. The van der Waals surface area contributed by atoms with Gasteiger partial charge < -0.3 is 24.5 Å². The van der Waals surface area contributed by atoms with Crippen LogP contribution in [-0.2, 0) is 9.31 Å². The molecule has 5 rings (SSSR count). The Balaban J connectivity index is 1.55. The van der Waals surface area contributed by atoms with Gasteiger partial charge in [0.25, 0.3) is 0 Å². The second kappa shape index (κ2) is 7.61. The molecule has 5 nitrogen and oxygen atoms in total. The maximum atomic E-state index is 6.43. The molecule has 2 heterocycles. The molecule has 3 aromatic carbocycles. The Bertz CT molecular complexity index is 1130. The average Bonchev–Trinajstić information content (AvgIpc) is 2.99. The topological polar surface area (TPSA) is 51.8 Å². The SMILES string of the molecule is COc1ccc(/C(=C/B2Nc3cccc4cccc(c34)N2)B2OC(C)(C)C(C)(C)O2)cc1. The van der Waals surface area contributed by atoms with Crippen LogP contribution in [0.15, 0.2) is 66.6 Å². The third-order valence-corrected chi connectivity index (χ3v) is 6.80. The van der Waals surface area contributed by atoms with Crippen LogP contribution >= 0.6 is 0 Å². The molecule has 0 atom stereocenters. The summed E-state index contributed by atoms with van der Waals surface area (Å²) in [5.41, 5.74) is 3.39. The largest absolute Gasteiger partial charge is 0.497 e. The predicted molar refractivity (Wildman–Crippen MR) is 134 cm³/mol. The van der Waals surface area contributed by atoms with Crippen molar-refractivity contribution in [2.75, 3.05) is 17.6 Å². The molecule has 0 amide bonds. The van der Waals surface area contributed by atoms with Crippen LogP contribution in [0.4, 0.5) is 11.4 Å². The Hall–Kier alpha value is -2.89. The monoisotopic (exact) mass is 426 g/mol. The first-order chi connectivity index (χ1) is 15.3. The molecule has 0 spiro atoms. The van der Waals surface area contributed by atoms with Crippen molar-refractivity contribution in [2.24, 2.45) is 0 Å². The summed E-state index contributed by atoms with van der Waals surface area (Å²) in [5.74, 6) is 2.98. The summed E-state index contributed by atoms with van der Waals surface area (Å²) >= 11 is 0. The number of ether oxygens (including phenoxy) is 1. The van der Waals surface area contributed by atoms with Crippen LogP contribution in [0.25, 0.3) is 16.2 Å². The minimum atomic E-state index is -0.482. The minimum Gasteiger partial charge on any atom is -0.497 e. The molecule has 2 N–H and O–H groups in total. The number of nitrogens with one attached hydrogen (secondary N) is 2. The van der Waals surface area contributed by atoms with Gasteiger partial charge in [-0.2, -0.15) is 0 Å². The molecule has 0 unspecified atom stereocenters. The molecule has 3 aromatic rings. The smallest absolute Gasteiger partial charge is 0.494 e. The fourth-order valence-electron chi connectivity index (χ4n) is 4.28. The van der Waals surface area contributed by atoms with E-state index in [1.54, 1.807) is 7.11 Å². The zero-order valence-electron chi connectivity index (χ0n) is 19.2. The number of hydrogen-bond donors (Lipinski definition) is 2. The number of hydrogen-bond acceptors (Lipinski definition) is 5. The Labute approximate surface area is 190 Å². The van der Waals surface area contributed by atoms with E-state index in [1.807, 2.05) is 24.3 Å². The van der Waals surface area contributed by atoms with Gasteiger partial charge in [-0.1, -0.05) is 42.4 Å². The van der Waals surface area contributed by atoms with Crippen molar-refractivity contribution in [1.29, 1.82) is 0 Å². The lowest BCUT2D eigenvalue weighted by Gasteiger charge is -2.32. The highest BCUT2D eigenvalue weighted by molar-refractivity contribution is 6.79. The molecule has 0 aliphatic carbocycles. The van der Waals surface area contributed by atoms with E-state index in [9.17, 15) is 0 Å². The van der Waals surface area contributed by atoms with E-state index < -0.39 is 18.3 Å². The summed E-state index contributed by atoms with van der Waals surface area (Å²) in [6, 6.07) is 20.7. The van der Waals surface area contributed by atoms with Crippen LogP contribution in [0.2, 0.25) is 0 Å². The van der Waals surface area contributed by atoms with Gasteiger partial charge in [0.05, 0.1) is 18.3 Å². The van der Waals surface area contributed by atoms with Crippen LogP contribution in [0, 0.1) is 0 Å². The summed E-state index contributed by atoms with van der Waals surface area (Å²) in [6.07, 6.45) is 0. The van der Waals surface area contributed by atoms with Crippen molar-refractivity contribution >= 4 is 41.7 Å². The van der Waals surface area contributed by atoms with Crippen LogP contribution in [0.3, 0.4) is 0 Å². The number of methoxy groups -OCH3 is 1. The van der Waals surface area contributed by atoms with E-state index in [1.165, 1.54) is 10.8 Å². The minimum absolute atomic E-state index is 0.119. The van der Waals surface area contributed by atoms with Crippen molar-refractivity contribution in [3.05, 3.63) is 72.2 Å². The molecule has 0 radical (unpaired) electrons. The van der Waals surface area contributed by atoms with Gasteiger partial charge in [-0.3, -0.25) is 0 Å². The highest BCUT2D eigenvalue weighted by Gasteiger charge is 2.52. The van der Waals surface area contributed by atoms with Crippen molar-refractivity contribution in [2.45, 2.75) is 38.9 Å². The lowest BCUT2D eigenvalue weighted by Crippen LogP contribution is -2.41. The summed E-state index contributed by atoms with van der Waals surface area (Å²) in [5, 5.41) is 9.67. The Morgan fingerprint density at radius 3 is 1.94 bits per heavy atom. The Morgan fingerprint density at radius 2 is 1.41 bits per heavy atom. The third kappa shape index (κ3) is 3.55. The fraction of sp³-hybridized carbons (Fsp3) is 0.280. The Morgan fingerprint density at radius 1 is 0.844 bits per heavy atom. The zero-order chi connectivity index (χ0) is 22.5. The Kier molecular flexibility index (Phi) is 4.99. The number of benzene rings is 3. The van der Waals surface area contributed by atoms with Crippen LogP contribution in [0.1, 0.15) is 33.3 Å². The van der Waals surface area contributed by atoms with Crippen LogP contribution < -0.4 is 15.2 Å². The lowest BCUT2D eigenvalue weighted by atomic mass is 9.63. The van der Waals surface area contributed by atoms with Gasteiger partial charge in [0.1, 0.15) is 5.75 Å². The molecule has 0 saturated carbocycles. The first kappa shape index (κ1) is 21.0. The predicted octanol–water partition coefficient (Wildman–Crippen LogP) is 5.43. The van der Waals surface area contributed by atoms with Crippen molar-refractivity contribution in [3.8, 4) is 5.75 Å². The van der Waals surface area contributed by atoms with E-state index in [4.69, 9.17) is 14.0 Å². The van der Waals surface area contributed by atoms with Gasteiger partial charge in [0.15, 0.2) is 0 Å². The fourth-order valence-corrected chi connectivity index (χ4v) is 4.28. The van der Waals surface area contributed by atoms with Gasteiger partial charge in [-0.15, -0.1) is 0 Å². The van der Waals surface area contributed by atoms with Gasteiger partial charge in [0.2, 0.25) is 0 Å². The normalized spacial score (nSPS) is 19.0. The van der Waals surface area contributed by atoms with Gasteiger partial charge in [-0.05, 0) is 68.4 Å². The summed E-state index contributed by atoms with van der Waals surface area (Å²) < 4.78 is 18.2. The summed E-state index contributed by atoms with van der Waals surface area (Å²) in [7, 11) is 1.19. The van der Waals surface area contributed by atoms with E-state index in [2.05, 4.69) is 80.5 Å². The van der Waals surface area contributed by atoms with E-state index in [0.717, 1.165) is 28.2 Å². The molecular formula is C25H28B2N2O3. The molecule has 162 valence electrons. The van der Waals surface area contributed by atoms with Crippen molar-refractivity contribution in [1.82, 2.24) is 0 Å². The maximum Gasteiger partial charge on any atom is 0.494 e. The standard InChI is InChI=1S/C25H28B2N2O3/c1-24(2)25(3,4)32-27(31-24)20(17-12-14-19(30-5)15-13-17)16-26-28-21-10-6-8-18-9-7-11-22(29-26)23(18)21/h6-16,28-29H,1-5H3/b20-16-. The molecule has 0 bridgehead atoms. The van der Waals surface area contributed by atoms with E-state index in [0.29, 0.717) is 0 Å². The number of anilines is 2. The quantitative estimate of drug-likeness (QED) is 0.546. The number of rotatable bonds is 4. The van der Waals surface area contributed by atoms with Gasteiger partial charge >= 0.3 is 14.1 Å². The molecule has 32 heavy (non-hydrogen) atoms. The van der Waals surface area contributed by atoms with E-state index in [-0.39, 0.29) is 6.98 Å². The molecule has 1 saturated heterocycles. The average molecular weight is 426 g/mol.